The lowest BCUT2D eigenvalue weighted by atomic mass is 9.83. The molecule has 2 amide bonds. The highest BCUT2D eigenvalue weighted by Crippen LogP contribution is 2.40. The Bertz CT molecular complexity index is 2430. The monoisotopic (exact) mass is 994 g/mol. The van der Waals surface area contributed by atoms with Gasteiger partial charge in [-0.1, -0.05) is 40.9 Å². The molecule has 0 saturated carbocycles. The van der Waals surface area contributed by atoms with Crippen molar-refractivity contribution in [3.63, 3.8) is 0 Å². The third-order valence-electron chi connectivity index (χ3n) is 11.8. The van der Waals surface area contributed by atoms with Crippen LogP contribution in [0.15, 0.2) is 49.1 Å². The van der Waals surface area contributed by atoms with Gasteiger partial charge in [0.25, 0.3) is 0 Å². The number of phenols is 1. The van der Waals surface area contributed by atoms with Crippen molar-refractivity contribution in [2.45, 2.75) is 167 Å². The Morgan fingerprint density at radius 1 is 0.691 bits per heavy atom. The summed E-state index contributed by atoms with van der Waals surface area (Å²) in [6, 6.07) is 9.86. The molecule has 4 fully saturated rings. The zero-order chi connectivity index (χ0) is 49.5. The van der Waals surface area contributed by atoms with Crippen LogP contribution in [0.2, 0.25) is 15.2 Å². The molecule has 6 heterocycles. The number of hydrogen-bond donors (Lipinski definition) is 2. The first kappa shape index (κ1) is 51.9. The number of carbonyl (C=O) groups is 2. The minimum atomic E-state index is -0.521. The van der Waals surface area contributed by atoms with E-state index in [-0.39, 0.29) is 59.3 Å². The van der Waals surface area contributed by atoms with Crippen LogP contribution in [0.3, 0.4) is 0 Å². The molecule has 8 rings (SSSR count). The van der Waals surface area contributed by atoms with Gasteiger partial charge in [-0.3, -0.25) is 0 Å². The zero-order valence-electron chi connectivity index (χ0n) is 39.8. The van der Waals surface area contributed by atoms with Crippen molar-refractivity contribution in [2.24, 2.45) is 0 Å². The first-order chi connectivity index (χ1) is 32.1. The second-order valence-corrected chi connectivity index (χ2v) is 20.6. The van der Waals surface area contributed by atoms with Gasteiger partial charge in [0.2, 0.25) is 17.6 Å². The van der Waals surface area contributed by atoms with E-state index in [0.29, 0.717) is 50.5 Å². The number of carbonyl (C=O) groups excluding carboxylic acids is 2. The first-order valence-corrected chi connectivity index (χ1v) is 24.0. The minimum Gasteiger partial charge on any atom is -0.506 e. The number of amides is 2. The van der Waals surface area contributed by atoms with E-state index in [4.69, 9.17) is 75.9 Å². The third-order valence-corrected chi connectivity index (χ3v) is 12.8. The maximum atomic E-state index is 12.8. The van der Waals surface area contributed by atoms with E-state index >= 15 is 0 Å². The largest absolute Gasteiger partial charge is 0.506 e. The molecule has 4 saturated heterocycles. The van der Waals surface area contributed by atoms with Crippen molar-refractivity contribution in [3.8, 4) is 29.1 Å². The van der Waals surface area contributed by atoms with Crippen molar-refractivity contribution in [1.29, 1.82) is 0 Å². The maximum absolute atomic E-state index is 12.8. The van der Waals surface area contributed by atoms with Gasteiger partial charge in [-0.2, -0.15) is 0 Å². The molecule has 3 N–H and O–H groups in total. The van der Waals surface area contributed by atoms with Crippen molar-refractivity contribution >= 4 is 58.4 Å². The summed E-state index contributed by atoms with van der Waals surface area (Å²) < 4.78 is 29.6. The van der Waals surface area contributed by atoms with E-state index in [0.717, 1.165) is 69.8 Å². The Labute approximate surface area is 413 Å². The lowest BCUT2D eigenvalue weighted by Crippen LogP contribution is -2.57. The fraction of sp³-hybridized carbons (Fsp3) is 0.531. The summed E-state index contributed by atoms with van der Waals surface area (Å²) in [6.07, 6.45) is 11.4. The molecule has 4 bridgehead atoms. The van der Waals surface area contributed by atoms with Gasteiger partial charge >= 0.3 is 12.2 Å². The quantitative estimate of drug-likeness (QED) is 0.0804. The van der Waals surface area contributed by atoms with Crippen LogP contribution in [0.5, 0.6) is 29.1 Å². The predicted molar refractivity (Wildman–Crippen MR) is 260 cm³/mol. The van der Waals surface area contributed by atoms with Gasteiger partial charge in [-0.25, -0.2) is 34.4 Å². The molecule has 2 aromatic carbocycles. The number of halogens is 3. The summed E-state index contributed by atoms with van der Waals surface area (Å²) >= 11 is 17.8. The van der Waals surface area contributed by atoms with Crippen LogP contribution in [-0.2, 0) is 9.47 Å². The number of phenolic OH excluding ortho intramolecular Hbond substituents is 1. The molecule has 4 atom stereocenters. The number of rotatable bonds is 6. The maximum Gasteiger partial charge on any atom is 0.410 e. The Morgan fingerprint density at radius 3 is 1.60 bits per heavy atom. The lowest BCUT2D eigenvalue weighted by Gasteiger charge is -2.48. The molecular weight excluding hydrogens is 935 g/mol. The molecule has 366 valence electrons. The van der Waals surface area contributed by atoms with Crippen molar-refractivity contribution < 1.29 is 38.4 Å². The van der Waals surface area contributed by atoms with E-state index in [1.807, 2.05) is 65.2 Å². The van der Waals surface area contributed by atoms with Crippen LogP contribution in [0.4, 0.5) is 21.0 Å². The first-order valence-electron chi connectivity index (χ1n) is 22.8. The number of anilines is 1. The molecule has 4 aliphatic heterocycles. The minimum absolute atomic E-state index is 0.0265. The Kier molecular flexibility index (Phi) is 17.0. The highest BCUT2D eigenvalue weighted by molar-refractivity contribution is 6.32. The number of aromatic nitrogens is 4. The van der Waals surface area contributed by atoms with Gasteiger partial charge in [-0.15, -0.1) is 0 Å². The summed E-state index contributed by atoms with van der Waals surface area (Å²) in [4.78, 5) is 49.4. The smallest absolute Gasteiger partial charge is 0.410 e. The number of ether oxygens (including phenoxy) is 5. The van der Waals surface area contributed by atoms with Gasteiger partial charge in [0.15, 0.2) is 5.69 Å². The van der Waals surface area contributed by atoms with Crippen molar-refractivity contribution in [1.82, 2.24) is 29.7 Å². The molecule has 0 spiro atoms. The number of piperidine rings is 4. The molecule has 19 heteroatoms. The molecule has 4 aliphatic rings. The van der Waals surface area contributed by atoms with Crippen molar-refractivity contribution in [3.05, 3.63) is 86.8 Å². The Balaban J connectivity index is 0.000000195. The second-order valence-electron chi connectivity index (χ2n) is 19.4. The summed E-state index contributed by atoms with van der Waals surface area (Å²) in [5, 5.41) is 9.89. The summed E-state index contributed by atoms with van der Waals surface area (Å²) in [5.74, 6) is 1.79. The number of nitrogens with zero attached hydrogens (tertiary/aromatic N) is 7. The third kappa shape index (κ3) is 13.8. The van der Waals surface area contributed by atoms with Crippen LogP contribution >= 0.6 is 34.8 Å². The topological polar surface area (TPSA) is 189 Å². The molecule has 16 nitrogen and oxygen atoms in total. The van der Waals surface area contributed by atoms with Gasteiger partial charge in [-0.05, 0) is 124 Å². The van der Waals surface area contributed by atoms with Crippen LogP contribution in [-0.4, -0.2) is 94.6 Å². The molecule has 0 radical (unpaired) electrons. The predicted octanol–water partition coefficient (Wildman–Crippen LogP) is 12.2. The summed E-state index contributed by atoms with van der Waals surface area (Å²) in [7, 11) is 0. The average Bonchev–Trinajstić information content (AvgIpc) is 3.24. The standard InChI is InChI=1S/C25H29ClN4O4.C18H26ClN3O3.C6H6ClNO/c1-15-22(28-14-29-23(15)33-21-10-9-16(27-5)11-20(21)26)32-19-12-17-7-6-8-18(13-19)30(17)24(31)34-25(2,3)4;1-11-15(19)20-10-21-16(11)24-14-8-12-6-5-7-13(9-14)22(12)17(23)25-18(2,3)4;7-5-3-4(8)1-2-6(5)9/h9-11,14,17-19H,6-8,12-13H2,1-4H3;10,12-14H,5-9H2,1-4H3;1-3,9H,8H2. The average molecular weight is 996 g/mol. The van der Waals surface area contributed by atoms with Gasteiger partial charge in [0.1, 0.15) is 52.7 Å². The summed E-state index contributed by atoms with van der Waals surface area (Å²) in [6.45, 7) is 22.2. The number of benzene rings is 2. The number of hydrogen-bond acceptors (Lipinski definition) is 13. The zero-order valence-corrected chi connectivity index (χ0v) is 42.1. The molecule has 68 heavy (non-hydrogen) atoms. The normalized spacial score (nSPS) is 21.9. The van der Waals surface area contributed by atoms with Crippen LogP contribution in [0.1, 0.15) is 117 Å². The lowest BCUT2D eigenvalue weighted by molar-refractivity contribution is -0.0423. The fourth-order valence-electron chi connectivity index (χ4n) is 8.84. The van der Waals surface area contributed by atoms with Crippen LogP contribution in [0, 0.1) is 20.4 Å². The SMILES string of the molecule is Cc1c(Cl)ncnc1OC1CC2CCCC(C1)N2C(=O)OC(C)(C)C.Nc1ccc(O)c(Cl)c1.[C-]#[N+]c1ccc(Oc2ncnc(OC3CC4CCCC(C3)N4C(=O)OC(C)(C)C)c2C)c(Cl)c1. The molecule has 4 unspecified atom stereocenters. The molecular formula is C49H61Cl3N8O8. The van der Waals surface area contributed by atoms with E-state index < -0.39 is 11.2 Å². The van der Waals surface area contributed by atoms with E-state index in [9.17, 15) is 9.59 Å². The van der Waals surface area contributed by atoms with Crippen LogP contribution < -0.4 is 19.9 Å². The summed E-state index contributed by atoms with van der Waals surface area (Å²) in [5.41, 5.74) is 6.73. The van der Waals surface area contributed by atoms with Crippen LogP contribution in [0.25, 0.3) is 4.85 Å². The fourth-order valence-corrected chi connectivity index (χ4v) is 9.37. The molecule has 0 aliphatic carbocycles. The number of nitrogens with two attached hydrogens (primary N) is 1. The Morgan fingerprint density at radius 2 is 1.16 bits per heavy atom. The molecule has 2 aromatic heterocycles. The number of nitrogen functional groups attached to an aromatic ring is 1. The van der Waals surface area contributed by atoms with E-state index in [1.165, 1.54) is 24.8 Å². The van der Waals surface area contributed by atoms with E-state index in [1.54, 1.807) is 24.3 Å². The van der Waals surface area contributed by atoms with Gasteiger partial charge in [0.05, 0.1) is 22.2 Å². The van der Waals surface area contributed by atoms with Crippen molar-refractivity contribution in [2.75, 3.05) is 5.73 Å². The highest BCUT2D eigenvalue weighted by Gasteiger charge is 2.45. The number of fused-ring (bicyclic) bond motifs is 4. The Hall–Kier alpha value is -5.50. The van der Waals surface area contributed by atoms with Gasteiger partial charge in [0, 0.05) is 61.1 Å². The second kappa shape index (κ2) is 22.3. The number of aromatic hydroxyl groups is 1. The molecule has 4 aromatic rings. The van der Waals surface area contributed by atoms with Gasteiger partial charge < -0.3 is 44.3 Å². The van der Waals surface area contributed by atoms with E-state index in [2.05, 4.69) is 24.8 Å². The highest BCUT2D eigenvalue weighted by atomic mass is 35.5.